The van der Waals surface area contributed by atoms with Gasteiger partial charge in [0.05, 0.1) is 0 Å². The Hall–Kier alpha value is -5.94. The predicted octanol–water partition coefficient (Wildman–Crippen LogP) is 10.1. The van der Waals surface area contributed by atoms with Gasteiger partial charge < -0.3 is 4.42 Å². The van der Waals surface area contributed by atoms with Gasteiger partial charge in [0.2, 0.25) is 0 Å². The van der Waals surface area contributed by atoms with E-state index in [1.165, 1.54) is 22.3 Å². The second-order valence-corrected chi connectivity index (χ2v) is 12.3. The van der Waals surface area contributed by atoms with Crippen LogP contribution in [0, 0.1) is 0 Å². The van der Waals surface area contributed by atoms with Crippen LogP contribution in [0.5, 0.6) is 0 Å². The Morgan fingerprint density at radius 2 is 1.13 bits per heavy atom. The standard InChI is InChI=1S/C41H28N4O/c1-41(2)33-13-7-6-11-30(33)32-23-27(16-18-34(32)41)39-43-38(26-9-4-3-5-10-26)44-40(45-39)28-15-17-31-36(24-28)46-35-14-8-12-29(37(31)35)25-19-21-42-22-20-25/h3-24H,1-2H3. The molecular weight excluding hydrogens is 564 g/mol. The fourth-order valence-electron chi connectivity index (χ4n) is 6.95. The molecule has 0 N–H and O–H groups in total. The molecule has 0 amide bonds. The van der Waals surface area contributed by atoms with E-state index in [1.54, 1.807) is 0 Å². The fraction of sp³-hybridized carbons (Fsp3) is 0.0732. The maximum Gasteiger partial charge on any atom is 0.164 e. The molecule has 3 heterocycles. The monoisotopic (exact) mass is 592 g/mol. The lowest BCUT2D eigenvalue weighted by atomic mass is 9.82. The van der Waals surface area contributed by atoms with E-state index in [2.05, 4.69) is 79.5 Å². The normalized spacial score (nSPS) is 13.2. The van der Waals surface area contributed by atoms with Crippen LogP contribution in [0.1, 0.15) is 25.0 Å². The average molecular weight is 593 g/mol. The number of nitrogens with zero attached hydrogens (tertiary/aromatic N) is 4. The van der Waals surface area contributed by atoms with Crippen LogP contribution < -0.4 is 0 Å². The Labute approximate surface area is 266 Å². The molecule has 1 aliphatic carbocycles. The third-order valence-electron chi connectivity index (χ3n) is 9.26. The van der Waals surface area contributed by atoms with Crippen molar-refractivity contribution in [1.29, 1.82) is 0 Å². The van der Waals surface area contributed by atoms with Crippen molar-refractivity contribution in [3.05, 3.63) is 145 Å². The molecule has 0 saturated carbocycles. The minimum Gasteiger partial charge on any atom is -0.456 e. The molecule has 0 spiro atoms. The van der Waals surface area contributed by atoms with E-state index in [9.17, 15) is 0 Å². The highest BCUT2D eigenvalue weighted by Gasteiger charge is 2.35. The van der Waals surface area contributed by atoms with Crippen molar-refractivity contribution in [2.75, 3.05) is 0 Å². The maximum absolute atomic E-state index is 6.42. The number of furan rings is 1. The summed E-state index contributed by atoms with van der Waals surface area (Å²) >= 11 is 0. The number of benzene rings is 5. The van der Waals surface area contributed by atoms with Crippen molar-refractivity contribution >= 4 is 21.9 Å². The Morgan fingerprint density at radius 1 is 0.478 bits per heavy atom. The summed E-state index contributed by atoms with van der Waals surface area (Å²) in [5.74, 6) is 1.87. The summed E-state index contributed by atoms with van der Waals surface area (Å²) in [6, 6.07) is 41.8. The quantitative estimate of drug-likeness (QED) is 0.203. The van der Waals surface area contributed by atoms with E-state index in [4.69, 9.17) is 19.4 Å². The smallest absolute Gasteiger partial charge is 0.164 e. The van der Waals surface area contributed by atoms with Crippen molar-refractivity contribution in [1.82, 2.24) is 19.9 Å². The number of fused-ring (bicyclic) bond motifs is 6. The Kier molecular flexibility index (Phi) is 5.78. The van der Waals surface area contributed by atoms with Gasteiger partial charge in [-0.3, -0.25) is 4.98 Å². The molecule has 5 aromatic carbocycles. The zero-order valence-corrected chi connectivity index (χ0v) is 25.4. The summed E-state index contributed by atoms with van der Waals surface area (Å²) in [5, 5.41) is 2.13. The SMILES string of the molecule is CC1(C)c2ccccc2-c2cc(-c3nc(-c4ccccc4)nc(-c4ccc5c(c4)oc4cccc(-c6ccncc6)c45)n3)ccc21. The summed E-state index contributed by atoms with van der Waals surface area (Å²) < 4.78 is 6.42. The van der Waals surface area contributed by atoms with E-state index in [0.29, 0.717) is 17.5 Å². The third kappa shape index (κ3) is 4.09. The van der Waals surface area contributed by atoms with Crippen molar-refractivity contribution in [3.8, 4) is 56.4 Å². The largest absolute Gasteiger partial charge is 0.456 e. The first-order valence-electron chi connectivity index (χ1n) is 15.5. The van der Waals surface area contributed by atoms with Crippen LogP contribution in [0.4, 0.5) is 0 Å². The van der Waals surface area contributed by atoms with Crippen LogP contribution in [0.3, 0.4) is 0 Å². The van der Waals surface area contributed by atoms with Gasteiger partial charge >= 0.3 is 0 Å². The zero-order valence-electron chi connectivity index (χ0n) is 25.4. The Bertz CT molecular complexity index is 2450. The van der Waals surface area contributed by atoms with Crippen LogP contribution in [-0.4, -0.2) is 19.9 Å². The first kappa shape index (κ1) is 26.5. The second kappa shape index (κ2) is 10.0. The van der Waals surface area contributed by atoms with Gasteiger partial charge in [0, 0.05) is 45.3 Å². The van der Waals surface area contributed by atoms with Crippen LogP contribution in [0.15, 0.2) is 138 Å². The lowest BCUT2D eigenvalue weighted by Gasteiger charge is -2.21. The molecule has 0 fully saturated rings. The van der Waals surface area contributed by atoms with Crippen molar-refractivity contribution in [2.24, 2.45) is 0 Å². The van der Waals surface area contributed by atoms with E-state index in [0.717, 1.165) is 49.8 Å². The molecule has 0 saturated heterocycles. The van der Waals surface area contributed by atoms with Crippen LogP contribution in [-0.2, 0) is 5.41 Å². The Morgan fingerprint density at radius 3 is 1.93 bits per heavy atom. The van der Waals surface area contributed by atoms with E-state index < -0.39 is 0 Å². The summed E-state index contributed by atoms with van der Waals surface area (Å²) in [6.07, 6.45) is 3.63. The van der Waals surface area contributed by atoms with Gasteiger partial charge in [0.25, 0.3) is 0 Å². The summed E-state index contributed by atoms with van der Waals surface area (Å²) in [4.78, 5) is 19.3. The molecule has 5 nitrogen and oxygen atoms in total. The van der Waals surface area contributed by atoms with Crippen LogP contribution in [0.2, 0.25) is 0 Å². The molecule has 0 aliphatic heterocycles. The molecule has 0 bridgehead atoms. The molecular formula is C41H28N4O. The van der Waals surface area contributed by atoms with Crippen molar-refractivity contribution in [2.45, 2.75) is 19.3 Å². The van der Waals surface area contributed by atoms with E-state index >= 15 is 0 Å². The highest BCUT2D eigenvalue weighted by molar-refractivity contribution is 6.12. The Balaban J connectivity index is 1.21. The first-order valence-corrected chi connectivity index (χ1v) is 15.5. The summed E-state index contributed by atoms with van der Waals surface area (Å²) in [7, 11) is 0. The molecule has 0 radical (unpaired) electrons. The number of pyridine rings is 1. The van der Waals surface area contributed by atoms with Gasteiger partial charge in [0.15, 0.2) is 17.5 Å². The molecule has 3 aromatic heterocycles. The average Bonchev–Trinajstić information content (AvgIpc) is 3.60. The third-order valence-corrected chi connectivity index (χ3v) is 9.26. The fourth-order valence-corrected chi connectivity index (χ4v) is 6.95. The van der Waals surface area contributed by atoms with Crippen molar-refractivity contribution in [3.63, 3.8) is 0 Å². The molecule has 46 heavy (non-hydrogen) atoms. The topological polar surface area (TPSA) is 64.7 Å². The molecule has 1 aliphatic rings. The van der Waals surface area contributed by atoms with Gasteiger partial charge in [-0.1, -0.05) is 98.8 Å². The van der Waals surface area contributed by atoms with E-state index in [-0.39, 0.29) is 5.41 Å². The highest BCUT2D eigenvalue weighted by atomic mass is 16.3. The molecule has 0 atom stereocenters. The maximum atomic E-state index is 6.42. The number of aromatic nitrogens is 4. The lowest BCUT2D eigenvalue weighted by Crippen LogP contribution is -2.14. The zero-order chi connectivity index (χ0) is 30.8. The minimum atomic E-state index is -0.0663. The van der Waals surface area contributed by atoms with Gasteiger partial charge in [-0.05, 0) is 69.8 Å². The summed E-state index contributed by atoms with van der Waals surface area (Å²) in [5.41, 5.74) is 11.7. The number of hydrogen-bond donors (Lipinski definition) is 0. The van der Waals surface area contributed by atoms with Gasteiger partial charge in [-0.15, -0.1) is 0 Å². The van der Waals surface area contributed by atoms with Gasteiger partial charge in [0.1, 0.15) is 11.2 Å². The van der Waals surface area contributed by atoms with E-state index in [1.807, 2.05) is 73.1 Å². The molecule has 8 aromatic rings. The number of hydrogen-bond acceptors (Lipinski definition) is 5. The molecule has 9 rings (SSSR count). The molecule has 0 unspecified atom stereocenters. The van der Waals surface area contributed by atoms with Crippen LogP contribution >= 0.6 is 0 Å². The lowest BCUT2D eigenvalue weighted by molar-refractivity contribution is 0.660. The number of rotatable bonds is 4. The van der Waals surface area contributed by atoms with Gasteiger partial charge in [-0.2, -0.15) is 0 Å². The predicted molar refractivity (Wildman–Crippen MR) is 184 cm³/mol. The van der Waals surface area contributed by atoms with Crippen LogP contribution in [0.25, 0.3) is 78.4 Å². The molecule has 5 heteroatoms. The second-order valence-electron chi connectivity index (χ2n) is 12.3. The van der Waals surface area contributed by atoms with Crippen molar-refractivity contribution < 1.29 is 4.42 Å². The summed E-state index contributed by atoms with van der Waals surface area (Å²) in [6.45, 7) is 4.58. The molecule has 218 valence electrons. The first-order chi connectivity index (χ1) is 22.5. The van der Waals surface area contributed by atoms with Gasteiger partial charge in [-0.25, -0.2) is 15.0 Å². The highest BCUT2D eigenvalue weighted by Crippen LogP contribution is 2.49. The minimum absolute atomic E-state index is 0.0663.